The second kappa shape index (κ2) is 10.3. The molecule has 2 aromatic heterocycles. The second-order valence-corrected chi connectivity index (χ2v) is 10.2. The van der Waals surface area contributed by atoms with E-state index in [0.29, 0.717) is 11.5 Å². The number of nitrogens with zero attached hydrogens (tertiary/aromatic N) is 2. The van der Waals surface area contributed by atoms with Crippen molar-refractivity contribution in [2.24, 2.45) is 5.73 Å². The fraction of sp³-hybridized carbons (Fsp3) is 0.480. The average Bonchev–Trinajstić information content (AvgIpc) is 3.53. The summed E-state index contributed by atoms with van der Waals surface area (Å²) in [4.78, 5) is 21.3. The Bertz CT molecular complexity index is 1070. The van der Waals surface area contributed by atoms with Gasteiger partial charge in [-0.1, -0.05) is 11.9 Å². The Hall–Kier alpha value is -2.26. The maximum absolute atomic E-state index is 12.2. The smallest absolute Gasteiger partial charge is 0.250 e. The molecular weight excluding hydrogens is 434 g/mol. The van der Waals surface area contributed by atoms with E-state index in [4.69, 9.17) is 10.5 Å². The number of primary amides is 1. The number of fused-ring (bicyclic) bond motifs is 1. The Kier molecular flexibility index (Phi) is 7.06. The van der Waals surface area contributed by atoms with Crippen LogP contribution in [0, 0.1) is 0 Å². The van der Waals surface area contributed by atoms with Crippen molar-refractivity contribution in [1.82, 2.24) is 19.2 Å². The van der Waals surface area contributed by atoms with Gasteiger partial charge in [0.15, 0.2) is 0 Å². The summed E-state index contributed by atoms with van der Waals surface area (Å²) < 4.78 is 7.96. The van der Waals surface area contributed by atoms with Crippen LogP contribution in [0.4, 0.5) is 0 Å². The molecular formula is C25H33N5O2S. The zero-order valence-corrected chi connectivity index (χ0v) is 19.8. The highest BCUT2D eigenvalue weighted by Crippen LogP contribution is 2.37. The van der Waals surface area contributed by atoms with Crippen molar-refractivity contribution >= 4 is 28.8 Å². The fourth-order valence-corrected chi connectivity index (χ4v) is 6.04. The molecule has 1 amide bonds. The Morgan fingerprint density at radius 2 is 1.97 bits per heavy atom. The minimum absolute atomic E-state index is 0.398. The molecule has 8 heteroatoms. The van der Waals surface area contributed by atoms with Crippen molar-refractivity contribution < 1.29 is 9.53 Å². The van der Waals surface area contributed by atoms with Crippen molar-refractivity contribution in [1.29, 1.82) is 0 Å². The first-order valence-corrected chi connectivity index (χ1v) is 12.9. The van der Waals surface area contributed by atoms with E-state index >= 15 is 0 Å². The second-order valence-electron chi connectivity index (χ2n) is 8.98. The number of ether oxygens (including phenoxy) is 1. The standard InChI is InChI=1S/C25H33N5O2S/c26-25(31)21-16-19(23-3-1-6-27-23)15-20-22(17-28-24(20)21)18-4-8-30(9-5-18)33-14-2-7-29-10-12-32-13-11-29/h1,3,6,15-18,27-28H,2,4-5,7-14H2,(H2,26,31). The minimum Gasteiger partial charge on any atom is -0.379 e. The maximum atomic E-state index is 12.2. The number of carbonyl (C=O) groups excluding carboxylic acids is 1. The van der Waals surface area contributed by atoms with Crippen LogP contribution >= 0.6 is 11.9 Å². The van der Waals surface area contributed by atoms with Gasteiger partial charge in [0.05, 0.1) is 24.3 Å². The number of benzene rings is 1. The molecule has 2 aliphatic rings. The van der Waals surface area contributed by atoms with Gasteiger partial charge in [-0.2, -0.15) is 0 Å². The number of nitrogens with one attached hydrogen (secondary N) is 2. The Balaban J connectivity index is 1.22. The summed E-state index contributed by atoms with van der Waals surface area (Å²) in [6.45, 7) is 7.27. The third kappa shape index (κ3) is 5.14. The molecule has 3 aromatic rings. The predicted octanol–water partition coefficient (Wildman–Crippen LogP) is 3.81. The number of rotatable bonds is 8. The van der Waals surface area contributed by atoms with Gasteiger partial charge in [-0.25, -0.2) is 0 Å². The van der Waals surface area contributed by atoms with Crippen molar-refractivity contribution in [3.05, 3.63) is 47.8 Å². The molecule has 0 unspecified atom stereocenters. The van der Waals surface area contributed by atoms with Crippen LogP contribution in [0.25, 0.3) is 22.2 Å². The zero-order valence-electron chi connectivity index (χ0n) is 19.0. The van der Waals surface area contributed by atoms with Crippen LogP contribution in [0.5, 0.6) is 0 Å². The molecule has 2 saturated heterocycles. The third-order valence-corrected chi connectivity index (χ3v) is 8.09. The molecule has 7 nitrogen and oxygen atoms in total. The number of aromatic nitrogens is 2. The lowest BCUT2D eigenvalue weighted by Crippen LogP contribution is -2.37. The van der Waals surface area contributed by atoms with Gasteiger partial charge in [-0.05, 0) is 67.1 Å². The van der Waals surface area contributed by atoms with E-state index in [2.05, 4.69) is 31.4 Å². The molecule has 0 atom stereocenters. The lowest BCUT2D eigenvalue weighted by molar-refractivity contribution is 0.0381. The van der Waals surface area contributed by atoms with Gasteiger partial charge >= 0.3 is 0 Å². The molecule has 0 radical (unpaired) electrons. The summed E-state index contributed by atoms with van der Waals surface area (Å²) in [6.07, 6.45) is 7.47. The van der Waals surface area contributed by atoms with E-state index in [1.165, 1.54) is 24.3 Å². The molecule has 4 heterocycles. The number of hydrogen-bond donors (Lipinski definition) is 3. The Labute approximate surface area is 199 Å². The first-order valence-electron chi connectivity index (χ1n) is 12.0. The lowest BCUT2D eigenvalue weighted by Gasteiger charge is -2.31. The molecule has 5 rings (SSSR count). The minimum atomic E-state index is -0.398. The van der Waals surface area contributed by atoms with Crippen molar-refractivity contribution in [2.75, 3.05) is 51.7 Å². The summed E-state index contributed by atoms with van der Waals surface area (Å²) in [7, 11) is 0. The van der Waals surface area contributed by atoms with Crippen LogP contribution in [0.1, 0.15) is 41.1 Å². The molecule has 0 saturated carbocycles. The van der Waals surface area contributed by atoms with Crippen molar-refractivity contribution in [3.63, 3.8) is 0 Å². The number of amides is 1. The molecule has 4 N–H and O–H groups in total. The zero-order chi connectivity index (χ0) is 22.6. The molecule has 2 fully saturated rings. The van der Waals surface area contributed by atoms with E-state index in [0.717, 1.165) is 74.4 Å². The summed E-state index contributed by atoms with van der Waals surface area (Å²) in [5, 5.41) is 1.12. The molecule has 33 heavy (non-hydrogen) atoms. The van der Waals surface area contributed by atoms with Crippen LogP contribution < -0.4 is 5.73 Å². The first-order chi connectivity index (χ1) is 16.2. The number of aromatic amines is 2. The highest BCUT2D eigenvalue weighted by atomic mass is 32.2. The largest absolute Gasteiger partial charge is 0.379 e. The molecule has 1 aromatic carbocycles. The first kappa shape index (κ1) is 22.5. The van der Waals surface area contributed by atoms with Gasteiger partial charge in [-0.3, -0.25) is 14.0 Å². The number of carbonyl (C=O) groups is 1. The summed E-state index contributed by atoms with van der Waals surface area (Å²) in [5.41, 5.74) is 10.4. The summed E-state index contributed by atoms with van der Waals surface area (Å²) in [6, 6.07) is 8.06. The van der Waals surface area contributed by atoms with Gasteiger partial charge in [-0.15, -0.1) is 0 Å². The Morgan fingerprint density at radius 1 is 1.15 bits per heavy atom. The normalized spacial score (nSPS) is 18.8. The van der Waals surface area contributed by atoms with Gasteiger partial charge < -0.3 is 20.4 Å². The van der Waals surface area contributed by atoms with E-state index < -0.39 is 5.91 Å². The van der Waals surface area contributed by atoms with E-state index in [9.17, 15) is 4.79 Å². The monoisotopic (exact) mass is 467 g/mol. The number of H-pyrrole nitrogens is 2. The number of piperidine rings is 1. The highest BCUT2D eigenvalue weighted by molar-refractivity contribution is 7.97. The lowest BCUT2D eigenvalue weighted by atomic mass is 9.89. The summed E-state index contributed by atoms with van der Waals surface area (Å²) in [5.74, 6) is 1.27. The molecule has 0 aliphatic carbocycles. The van der Waals surface area contributed by atoms with E-state index in [1.807, 2.05) is 36.3 Å². The van der Waals surface area contributed by atoms with Gasteiger partial charge in [0, 0.05) is 55.4 Å². The van der Waals surface area contributed by atoms with Crippen LogP contribution in [0.2, 0.25) is 0 Å². The summed E-state index contributed by atoms with van der Waals surface area (Å²) >= 11 is 2.00. The van der Waals surface area contributed by atoms with Crippen LogP contribution in [-0.2, 0) is 4.74 Å². The van der Waals surface area contributed by atoms with Gasteiger partial charge in [0.1, 0.15) is 0 Å². The fourth-order valence-electron chi connectivity index (χ4n) is 5.05. The average molecular weight is 468 g/mol. The molecule has 0 spiro atoms. The van der Waals surface area contributed by atoms with Gasteiger partial charge in [0.25, 0.3) is 5.91 Å². The van der Waals surface area contributed by atoms with Crippen molar-refractivity contribution in [3.8, 4) is 11.3 Å². The SMILES string of the molecule is NC(=O)c1cc(-c2ccc[nH]2)cc2c(C3CCN(SCCCN4CCOCC4)CC3)c[nH]c12. The highest BCUT2D eigenvalue weighted by Gasteiger charge is 2.25. The van der Waals surface area contributed by atoms with Crippen molar-refractivity contribution in [2.45, 2.75) is 25.2 Å². The van der Waals surface area contributed by atoms with Crippen LogP contribution in [-0.4, -0.2) is 76.8 Å². The Morgan fingerprint density at radius 3 is 2.70 bits per heavy atom. The van der Waals surface area contributed by atoms with Crippen LogP contribution in [0.15, 0.2) is 36.7 Å². The molecule has 176 valence electrons. The topological polar surface area (TPSA) is 90.4 Å². The predicted molar refractivity (Wildman–Crippen MR) is 134 cm³/mol. The molecule has 2 aliphatic heterocycles. The van der Waals surface area contributed by atoms with Crippen LogP contribution in [0.3, 0.4) is 0 Å². The number of morpholine rings is 1. The third-order valence-electron chi connectivity index (χ3n) is 6.89. The maximum Gasteiger partial charge on any atom is 0.250 e. The van der Waals surface area contributed by atoms with Gasteiger partial charge in [0.2, 0.25) is 0 Å². The van der Waals surface area contributed by atoms with E-state index in [1.54, 1.807) is 0 Å². The van der Waals surface area contributed by atoms with E-state index in [-0.39, 0.29) is 0 Å². The number of hydrogen-bond acceptors (Lipinski definition) is 5. The molecule has 0 bridgehead atoms. The number of nitrogens with two attached hydrogens (primary N) is 1. The quantitative estimate of drug-likeness (QED) is 0.346.